The molecule has 0 aromatic heterocycles. The number of carbonyl (C=O) groups is 3. The second kappa shape index (κ2) is 14.0. The van der Waals surface area contributed by atoms with Gasteiger partial charge in [-0.2, -0.15) is 0 Å². The van der Waals surface area contributed by atoms with E-state index in [1.165, 1.54) is 17.0 Å². The van der Waals surface area contributed by atoms with Gasteiger partial charge in [-0.1, -0.05) is 56.9 Å². The molecule has 0 bridgehead atoms. The standard InChI is InChI=1S/C32H43BFNO7/c1-4-8-20(15-21-10-12-26(36)25(34)16-21)11-13-27-29-22(19(2)3)17-23-30(24(29)18-33(41)42-27)32(40)35(31(23)39)14-7-5-6-9-28(37)38/h10,12,15-16,19,23-24,27,30,36,41H,4-9,11,13-14,17-18H2,1-3H3,(H,37,38)/b20-15+/t23-,24+,27-,30-/m1/s1. The van der Waals surface area contributed by atoms with Crippen molar-refractivity contribution in [3.8, 4) is 5.75 Å². The van der Waals surface area contributed by atoms with Gasteiger partial charge in [0, 0.05) is 13.0 Å². The number of benzene rings is 1. The molecule has 10 heteroatoms. The Hall–Kier alpha value is -2.98. The number of aliphatic carboxylic acids is 1. The Kier molecular flexibility index (Phi) is 10.6. The summed E-state index contributed by atoms with van der Waals surface area (Å²) in [5.74, 6) is -3.39. The summed E-state index contributed by atoms with van der Waals surface area (Å²) in [7, 11) is -1.05. The molecule has 0 saturated carbocycles. The van der Waals surface area contributed by atoms with Crippen LogP contribution in [0.1, 0.15) is 84.1 Å². The van der Waals surface area contributed by atoms with Gasteiger partial charge in [0.25, 0.3) is 0 Å². The summed E-state index contributed by atoms with van der Waals surface area (Å²) < 4.78 is 20.1. The number of likely N-dealkylation sites (tertiary alicyclic amines) is 1. The van der Waals surface area contributed by atoms with E-state index >= 15 is 0 Å². The maximum atomic E-state index is 14.0. The van der Waals surface area contributed by atoms with E-state index in [4.69, 9.17) is 9.76 Å². The number of nitrogens with zero attached hydrogens (tertiary/aromatic N) is 1. The number of halogens is 1. The second-order valence-corrected chi connectivity index (χ2v) is 12.2. The molecule has 2 saturated heterocycles. The van der Waals surface area contributed by atoms with Gasteiger partial charge in [0.15, 0.2) is 11.6 Å². The molecule has 1 aliphatic carbocycles. The lowest BCUT2D eigenvalue weighted by Crippen LogP contribution is -2.46. The van der Waals surface area contributed by atoms with Crippen molar-refractivity contribution in [2.45, 2.75) is 91.0 Å². The van der Waals surface area contributed by atoms with E-state index in [0.717, 1.165) is 29.6 Å². The number of carboxylic acids is 1. The van der Waals surface area contributed by atoms with E-state index in [-0.39, 0.29) is 48.7 Å². The summed E-state index contributed by atoms with van der Waals surface area (Å²) in [6, 6.07) is 4.32. The number of rotatable bonds is 13. The van der Waals surface area contributed by atoms with Gasteiger partial charge in [0.05, 0.1) is 17.9 Å². The monoisotopic (exact) mass is 583 g/mol. The molecule has 3 aliphatic rings. The minimum Gasteiger partial charge on any atom is -0.505 e. The number of fused-ring (bicyclic) bond motifs is 3. The third kappa shape index (κ3) is 7.14. The predicted molar refractivity (Wildman–Crippen MR) is 158 cm³/mol. The molecule has 8 nitrogen and oxygen atoms in total. The van der Waals surface area contributed by atoms with Crippen molar-refractivity contribution in [1.82, 2.24) is 4.90 Å². The molecular formula is C32H43BFNO7. The van der Waals surface area contributed by atoms with E-state index in [0.29, 0.717) is 44.1 Å². The first-order chi connectivity index (χ1) is 20.0. The van der Waals surface area contributed by atoms with Gasteiger partial charge >= 0.3 is 13.1 Å². The third-order valence-corrected chi connectivity index (χ3v) is 8.95. The summed E-state index contributed by atoms with van der Waals surface area (Å²) >= 11 is 0. The van der Waals surface area contributed by atoms with Crippen LogP contribution in [0.25, 0.3) is 6.08 Å². The van der Waals surface area contributed by atoms with Gasteiger partial charge < -0.3 is 19.9 Å². The minimum absolute atomic E-state index is 0.0699. The van der Waals surface area contributed by atoms with Crippen molar-refractivity contribution in [3.05, 3.63) is 46.3 Å². The Morgan fingerprint density at radius 2 is 1.90 bits per heavy atom. The Balaban J connectivity index is 1.54. The fourth-order valence-electron chi connectivity index (χ4n) is 7.01. The van der Waals surface area contributed by atoms with Gasteiger partial charge in [0.2, 0.25) is 11.8 Å². The van der Waals surface area contributed by atoms with Gasteiger partial charge in [-0.05, 0) is 80.0 Å². The van der Waals surface area contributed by atoms with Crippen molar-refractivity contribution >= 4 is 31.0 Å². The van der Waals surface area contributed by atoms with E-state index in [9.17, 15) is 28.9 Å². The van der Waals surface area contributed by atoms with Crippen LogP contribution in [0.15, 0.2) is 34.9 Å². The van der Waals surface area contributed by atoms with Crippen molar-refractivity contribution in [3.63, 3.8) is 0 Å². The topological polar surface area (TPSA) is 124 Å². The lowest BCUT2D eigenvalue weighted by atomic mass is 9.57. The first-order valence-electron chi connectivity index (χ1n) is 15.3. The molecule has 0 unspecified atom stereocenters. The van der Waals surface area contributed by atoms with Gasteiger partial charge in [0.1, 0.15) is 0 Å². The van der Waals surface area contributed by atoms with Crippen LogP contribution in [0.2, 0.25) is 6.32 Å². The molecule has 0 spiro atoms. The Morgan fingerprint density at radius 1 is 1.14 bits per heavy atom. The molecule has 3 N–H and O–H groups in total. The first kappa shape index (κ1) is 31.9. The number of aromatic hydroxyl groups is 1. The Bertz CT molecular complexity index is 1250. The Labute approximate surface area is 247 Å². The van der Waals surface area contributed by atoms with Crippen molar-refractivity contribution in [1.29, 1.82) is 0 Å². The molecule has 4 atom stereocenters. The molecule has 1 aromatic carbocycles. The highest BCUT2D eigenvalue weighted by Gasteiger charge is 2.57. The number of amides is 2. The second-order valence-electron chi connectivity index (χ2n) is 12.2. The largest absolute Gasteiger partial charge is 0.505 e. The minimum atomic E-state index is -1.05. The molecule has 228 valence electrons. The van der Waals surface area contributed by atoms with Crippen molar-refractivity contribution < 1.29 is 38.7 Å². The summed E-state index contributed by atoms with van der Waals surface area (Å²) in [6.07, 6.45) is 7.00. The molecule has 4 rings (SSSR count). The summed E-state index contributed by atoms with van der Waals surface area (Å²) in [5, 5.41) is 29.2. The molecule has 2 aliphatic heterocycles. The van der Waals surface area contributed by atoms with Crippen LogP contribution in [0.3, 0.4) is 0 Å². The van der Waals surface area contributed by atoms with Crippen LogP contribution in [-0.4, -0.2) is 57.7 Å². The lowest BCUT2D eigenvalue weighted by Gasteiger charge is -2.44. The maximum absolute atomic E-state index is 14.0. The molecule has 1 aromatic rings. The SMILES string of the molecule is CCC/C(=C\c1ccc(O)c(F)c1)CC[C@H]1OB(O)C[C@H]2C1=C(C(C)C)C[C@H]1C(=O)N(CCCCCC(=O)O)C(=O)[C@H]12. The van der Waals surface area contributed by atoms with Crippen molar-refractivity contribution in [2.24, 2.45) is 23.7 Å². The highest BCUT2D eigenvalue weighted by molar-refractivity contribution is 6.43. The van der Waals surface area contributed by atoms with E-state index < -0.39 is 36.8 Å². The van der Waals surface area contributed by atoms with Crippen LogP contribution in [0, 0.1) is 29.5 Å². The van der Waals surface area contributed by atoms with E-state index in [1.54, 1.807) is 6.07 Å². The fraction of sp³-hybridized carbons (Fsp3) is 0.594. The molecule has 2 amide bonds. The highest BCUT2D eigenvalue weighted by atomic mass is 19.1. The molecular weight excluding hydrogens is 540 g/mol. The molecule has 0 radical (unpaired) electrons. The number of hydrogen-bond acceptors (Lipinski definition) is 6. The number of phenols is 1. The number of carboxylic acid groups (broad SMARTS) is 1. The van der Waals surface area contributed by atoms with Crippen molar-refractivity contribution in [2.75, 3.05) is 6.54 Å². The zero-order chi connectivity index (χ0) is 30.6. The molecule has 42 heavy (non-hydrogen) atoms. The summed E-state index contributed by atoms with van der Waals surface area (Å²) in [6.45, 7) is 6.54. The normalized spacial score (nSPS) is 24.5. The summed E-state index contributed by atoms with van der Waals surface area (Å²) in [5.41, 5.74) is 3.94. The van der Waals surface area contributed by atoms with Crippen LogP contribution in [0.5, 0.6) is 5.75 Å². The van der Waals surface area contributed by atoms with Crippen LogP contribution in [0.4, 0.5) is 4.39 Å². The van der Waals surface area contributed by atoms with E-state index in [2.05, 4.69) is 20.8 Å². The van der Waals surface area contributed by atoms with Gasteiger partial charge in [-0.25, -0.2) is 4.39 Å². The average molecular weight is 584 g/mol. The number of allylic oxidation sites excluding steroid dienone is 2. The first-order valence-corrected chi connectivity index (χ1v) is 15.3. The zero-order valence-corrected chi connectivity index (χ0v) is 24.9. The fourth-order valence-corrected chi connectivity index (χ4v) is 7.01. The van der Waals surface area contributed by atoms with Crippen LogP contribution >= 0.6 is 0 Å². The zero-order valence-electron chi connectivity index (χ0n) is 24.9. The lowest BCUT2D eigenvalue weighted by molar-refractivity contribution is -0.141. The average Bonchev–Trinajstić information content (AvgIpc) is 3.17. The Morgan fingerprint density at radius 3 is 2.57 bits per heavy atom. The smallest absolute Gasteiger partial charge is 0.455 e. The number of carbonyl (C=O) groups excluding carboxylic acids is 2. The molecule has 2 heterocycles. The molecule has 2 fully saturated rings. The third-order valence-electron chi connectivity index (χ3n) is 8.95. The number of unbranched alkanes of at least 4 members (excludes halogenated alkanes) is 2. The number of hydrogen-bond donors (Lipinski definition) is 3. The highest BCUT2D eigenvalue weighted by Crippen LogP contribution is 2.52. The maximum Gasteiger partial charge on any atom is 0.455 e. The van der Waals surface area contributed by atoms with Gasteiger partial charge in [-0.15, -0.1) is 0 Å². The number of imide groups is 1. The summed E-state index contributed by atoms with van der Waals surface area (Å²) in [4.78, 5) is 39.3. The van der Waals surface area contributed by atoms with Crippen LogP contribution < -0.4 is 0 Å². The predicted octanol–water partition coefficient (Wildman–Crippen LogP) is 5.59. The number of phenolic OH excluding ortho intramolecular Hbond substituents is 1. The van der Waals surface area contributed by atoms with Crippen LogP contribution in [-0.2, 0) is 19.0 Å². The quantitative estimate of drug-likeness (QED) is 0.120. The van der Waals surface area contributed by atoms with E-state index in [1.807, 2.05) is 6.08 Å². The van der Waals surface area contributed by atoms with Gasteiger partial charge in [-0.3, -0.25) is 19.3 Å².